The first-order valence-corrected chi connectivity index (χ1v) is 7.62. The molecule has 0 aliphatic rings. The van der Waals surface area contributed by atoms with E-state index in [4.69, 9.17) is 16.3 Å². The molecule has 0 radical (unpaired) electrons. The highest BCUT2D eigenvalue weighted by Crippen LogP contribution is 2.22. The van der Waals surface area contributed by atoms with Gasteiger partial charge in [0.1, 0.15) is 18.2 Å². The molecule has 2 aromatic carbocycles. The molecule has 0 heterocycles. The van der Waals surface area contributed by atoms with Crippen LogP contribution in [-0.2, 0) is 13.2 Å². The first-order chi connectivity index (χ1) is 10.3. The van der Waals surface area contributed by atoms with Gasteiger partial charge in [-0.2, -0.15) is 0 Å². The van der Waals surface area contributed by atoms with E-state index in [0.717, 1.165) is 12.1 Å². The Bertz CT molecular complexity index is 617. The Kier molecular flexibility index (Phi) is 5.43. The minimum Gasteiger partial charge on any atom is -0.489 e. The zero-order valence-electron chi connectivity index (χ0n) is 13.1. The molecule has 0 spiro atoms. The fourth-order valence-corrected chi connectivity index (χ4v) is 2.16. The zero-order chi connectivity index (χ0) is 16.2. The largest absolute Gasteiger partial charge is 0.489 e. The average Bonchev–Trinajstić information content (AvgIpc) is 2.44. The molecule has 0 saturated carbocycles. The van der Waals surface area contributed by atoms with Crippen LogP contribution in [0.15, 0.2) is 42.5 Å². The Morgan fingerprint density at radius 3 is 2.55 bits per heavy atom. The molecule has 2 rings (SSSR count). The molecule has 0 aromatic heterocycles. The van der Waals surface area contributed by atoms with Gasteiger partial charge in [0.15, 0.2) is 0 Å². The van der Waals surface area contributed by atoms with Gasteiger partial charge >= 0.3 is 0 Å². The molecule has 0 aliphatic carbocycles. The summed E-state index contributed by atoms with van der Waals surface area (Å²) in [6.07, 6.45) is 0. The van der Waals surface area contributed by atoms with E-state index in [9.17, 15) is 4.39 Å². The van der Waals surface area contributed by atoms with Gasteiger partial charge in [0.2, 0.25) is 0 Å². The minimum absolute atomic E-state index is 0.0531. The van der Waals surface area contributed by atoms with Crippen molar-refractivity contribution in [3.8, 4) is 5.75 Å². The van der Waals surface area contributed by atoms with E-state index in [-0.39, 0.29) is 18.0 Å². The smallest absolute Gasteiger partial charge is 0.131 e. The Hall–Kier alpha value is -1.58. The zero-order valence-corrected chi connectivity index (χ0v) is 13.9. The lowest BCUT2D eigenvalue weighted by molar-refractivity contribution is 0.299. The fraction of sp³-hybridized carbons (Fsp3) is 0.333. The van der Waals surface area contributed by atoms with Crippen molar-refractivity contribution in [2.24, 2.45) is 0 Å². The molecule has 22 heavy (non-hydrogen) atoms. The van der Waals surface area contributed by atoms with Crippen LogP contribution in [0.25, 0.3) is 0 Å². The maximum absolute atomic E-state index is 13.7. The van der Waals surface area contributed by atoms with Gasteiger partial charge in [0.05, 0.1) is 5.02 Å². The highest BCUT2D eigenvalue weighted by Gasteiger charge is 2.10. The molecule has 0 atom stereocenters. The van der Waals surface area contributed by atoms with Crippen molar-refractivity contribution in [1.82, 2.24) is 5.32 Å². The topological polar surface area (TPSA) is 21.3 Å². The first kappa shape index (κ1) is 16.8. The standard InChI is InChI=1S/C18H21ClFNO/c1-18(2,3)21-11-13-6-4-7-14(10-13)22-12-15-16(19)8-5-9-17(15)20/h4-10,21H,11-12H2,1-3H3. The van der Waals surface area contributed by atoms with Gasteiger partial charge in [0.25, 0.3) is 0 Å². The van der Waals surface area contributed by atoms with E-state index in [0.29, 0.717) is 16.3 Å². The molecular formula is C18H21ClFNO. The summed E-state index contributed by atoms with van der Waals surface area (Å²) in [6, 6.07) is 12.4. The summed E-state index contributed by atoms with van der Waals surface area (Å²) >= 11 is 6.00. The maximum atomic E-state index is 13.7. The molecule has 118 valence electrons. The Balaban J connectivity index is 2.02. The van der Waals surface area contributed by atoms with Gasteiger partial charge in [-0.25, -0.2) is 4.39 Å². The Labute approximate surface area is 136 Å². The second-order valence-corrected chi connectivity index (χ2v) is 6.65. The van der Waals surface area contributed by atoms with Crippen LogP contribution in [0.3, 0.4) is 0 Å². The lowest BCUT2D eigenvalue weighted by atomic mass is 10.1. The Morgan fingerprint density at radius 2 is 1.86 bits per heavy atom. The predicted molar refractivity (Wildman–Crippen MR) is 88.8 cm³/mol. The van der Waals surface area contributed by atoms with E-state index < -0.39 is 0 Å². The van der Waals surface area contributed by atoms with Gasteiger partial charge in [-0.3, -0.25) is 0 Å². The van der Waals surface area contributed by atoms with Crippen LogP contribution in [0.1, 0.15) is 31.9 Å². The summed E-state index contributed by atoms with van der Waals surface area (Å²) in [6.45, 7) is 7.22. The van der Waals surface area contributed by atoms with Crippen molar-refractivity contribution in [2.45, 2.75) is 39.5 Å². The predicted octanol–water partition coefficient (Wildman–Crippen LogP) is 4.95. The van der Waals surface area contributed by atoms with E-state index >= 15 is 0 Å². The molecular weight excluding hydrogens is 301 g/mol. The maximum Gasteiger partial charge on any atom is 0.131 e. The third-order valence-electron chi connectivity index (χ3n) is 3.17. The number of ether oxygens (including phenoxy) is 1. The van der Waals surface area contributed by atoms with Crippen LogP contribution in [0.5, 0.6) is 5.75 Å². The number of nitrogens with one attached hydrogen (secondary N) is 1. The average molecular weight is 322 g/mol. The third-order valence-corrected chi connectivity index (χ3v) is 3.52. The Morgan fingerprint density at radius 1 is 1.14 bits per heavy atom. The minimum atomic E-state index is -0.349. The number of halogens is 2. The van der Waals surface area contributed by atoms with Crippen molar-refractivity contribution in [1.29, 1.82) is 0 Å². The number of hydrogen-bond donors (Lipinski definition) is 1. The molecule has 0 unspecified atom stereocenters. The summed E-state index contributed by atoms with van der Waals surface area (Å²) in [4.78, 5) is 0. The van der Waals surface area contributed by atoms with E-state index in [1.807, 2.05) is 24.3 Å². The summed E-state index contributed by atoms with van der Waals surface area (Å²) < 4.78 is 19.4. The molecule has 0 saturated heterocycles. The third kappa shape index (κ3) is 5.00. The van der Waals surface area contributed by atoms with E-state index in [2.05, 4.69) is 26.1 Å². The van der Waals surface area contributed by atoms with Gasteiger partial charge in [-0.05, 0) is 50.6 Å². The van der Waals surface area contributed by atoms with Crippen LogP contribution in [0, 0.1) is 5.82 Å². The lowest BCUT2D eigenvalue weighted by Crippen LogP contribution is -2.35. The highest BCUT2D eigenvalue weighted by molar-refractivity contribution is 6.31. The van der Waals surface area contributed by atoms with Crippen molar-refractivity contribution in [3.05, 3.63) is 64.4 Å². The lowest BCUT2D eigenvalue weighted by Gasteiger charge is -2.20. The normalized spacial score (nSPS) is 11.5. The monoisotopic (exact) mass is 321 g/mol. The number of benzene rings is 2. The quantitative estimate of drug-likeness (QED) is 0.841. The molecule has 1 N–H and O–H groups in total. The molecule has 2 aromatic rings. The SMILES string of the molecule is CC(C)(C)NCc1cccc(OCc2c(F)cccc2Cl)c1. The van der Waals surface area contributed by atoms with Gasteiger partial charge in [0, 0.05) is 17.6 Å². The fourth-order valence-electron chi connectivity index (χ4n) is 1.94. The molecule has 0 aliphatic heterocycles. The first-order valence-electron chi connectivity index (χ1n) is 7.25. The summed E-state index contributed by atoms with van der Waals surface area (Å²) in [5.41, 5.74) is 1.55. The second kappa shape index (κ2) is 7.12. The molecule has 0 fully saturated rings. The van der Waals surface area contributed by atoms with E-state index in [1.54, 1.807) is 12.1 Å². The van der Waals surface area contributed by atoms with Crippen molar-refractivity contribution in [3.63, 3.8) is 0 Å². The summed E-state index contributed by atoms with van der Waals surface area (Å²) in [5.74, 6) is 0.352. The second-order valence-electron chi connectivity index (χ2n) is 6.24. The molecule has 2 nitrogen and oxygen atoms in total. The van der Waals surface area contributed by atoms with Crippen LogP contribution in [0.2, 0.25) is 5.02 Å². The van der Waals surface area contributed by atoms with Crippen LogP contribution in [-0.4, -0.2) is 5.54 Å². The highest BCUT2D eigenvalue weighted by atomic mass is 35.5. The van der Waals surface area contributed by atoms with Crippen molar-refractivity contribution >= 4 is 11.6 Å². The molecule has 0 amide bonds. The summed E-state index contributed by atoms with van der Waals surface area (Å²) in [5, 5.41) is 3.80. The van der Waals surface area contributed by atoms with Crippen LogP contribution >= 0.6 is 11.6 Å². The number of rotatable bonds is 5. The number of hydrogen-bond acceptors (Lipinski definition) is 2. The van der Waals surface area contributed by atoms with Gasteiger partial charge < -0.3 is 10.1 Å². The van der Waals surface area contributed by atoms with Gasteiger partial charge in [-0.15, -0.1) is 0 Å². The molecule has 4 heteroatoms. The molecule has 0 bridgehead atoms. The van der Waals surface area contributed by atoms with Crippen LogP contribution in [0.4, 0.5) is 4.39 Å². The summed E-state index contributed by atoms with van der Waals surface area (Å²) in [7, 11) is 0. The van der Waals surface area contributed by atoms with E-state index in [1.165, 1.54) is 6.07 Å². The van der Waals surface area contributed by atoms with Gasteiger partial charge in [-0.1, -0.05) is 29.8 Å². The van der Waals surface area contributed by atoms with Crippen molar-refractivity contribution in [2.75, 3.05) is 0 Å². The van der Waals surface area contributed by atoms with Crippen LogP contribution < -0.4 is 10.1 Å². The van der Waals surface area contributed by atoms with Crippen molar-refractivity contribution < 1.29 is 9.13 Å².